The molecular formula is C13H16O10. The van der Waals surface area contributed by atoms with Crippen LogP contribution in [0.3, 0.4) is 0 Å². The zero-order valence-corrected chi connectivity index (χ0v) is 11.6. The lowest BCUT2D eigenvalue weighted by Crippen LogP contribution is -2.55. The molecule has 1 aromatic carbocycles. The van der Waals surface area contributed by atoms with Gasteiger partial charge in [0.1, 0.15) is 30.5 Å². The zero-order chi connectivity index (χ0) is 17.5. The lowest BCUT2D eigenvalue weighted by molar-refractivity contribution is -0.232. The highest BCUT2D eigenvalue weighted by atomic mass is 16.5. The van der Waals surface area contributed by atoms with Crippen molar-refractivity contribution in [1.29, 1.82) is 0 Å². The van der Waals surface area contributed by atoms with E-state index in [-0.39, 0.29) is 0 Å². The van der Waals surface area contributed by atoms with Crippen LogP contribution in [0.1, 0.15) is 22.0 Å². The summed E-state index contributed by atoms with van der Waals surface area (Å²) in [4.78, 5) is 11.3. The second-order valence-electron chi connectivity index (χ2n) is 5.11. The van der Waals surface area contributed by atoms with Crippen molar-refractivity contribution in [3.63, 3.8) is 0 Å². The molecule has 2 rings (SSSR count). The Balaban J connectivity index is 2.60. The molecule has 0 saturated carbocycles. The van der Waals surface area contributed by atoms with Crippen LogP contribution in [0.5, 0.6) is 17.2 Å². The number of carboxylic acid groups (broad SMARTS) is 1. The van der Waals surface area contributed by atoms with Crippen molar-refractivity contribution in [2.24, 2.45) is 0 Å². The molecule has 0 amide bonds. The Kier molecular flexibility index (Phi) is 4.63. The maximum atomic E-state index is 11.3. The van der Waals surface area contributed by atoms with E-state index in [0.29, 0.717) is 6.07 Å². The summed E-state index contributed by atoms with van der Waals surface area (Å²) < 4.78 is 5.16. The third-order valence-electron chi connectivity index (χ3n) is 3.70. The zero-order valence-electron chi connectivity index (χ0n) is 11.6. The summed E-state index contributed by atoms with van der Waals surface area (Å²) >= 11 is 0. The summed E-state index contributed by atoms with van der Waals surface area (Å²) in [6.07, 6.45) is -8.35. The highest BCUT2D eigenvalue weighted by molar-refractivity contribution is 5.92. The fourth-order valence-electron chi connectivity index (χ4n) is 2.46. The van der Waals surface area contributed by atoms with Gasteiger partial charge in [0.05, 0.1) is 12.2 Å². The Morgan fingerprint density at radius 1 is 1.04 bits per heavy atom. The average Bonchev–Trinajstić information content (AvgIpc) is 2.51. The van der Waals surface area contributed by atoms with Crippen LogP contribution in [0.2, 0.25) is 0 Å². The first-order chi connectivity index (χ1) is 10.7. The molecule has 1 fully saturated rings. The molecule has 23 heavy (non-hydrogen) atoms. The fourth-order valence-corrected chi connectivity index (χ4v) is 2.46. The lowest BCUT2D eigenvalue weighted by Gasteiger charge is -2.40. The van der Waals surface area contributed by atoms with E-state index in [4.69, 9.17) is 14.9 Å². The van der Waals surface area contributed by atoms with Gasteiger partial charge in [0.2, 0.25) is 5.75 Å². The number of carboxylic acids is 1. The molecular weight excluding hydrogens is 316 g/mol. The lowest BCUT2D eigenvalue weighted by atomic mass is 9.88. The monoisotopic (exact) mass is 332 g/mol. The van der Waals surface area contributed by atoms with Gasteiger partial charge >= 0.3 is 5.97 Å². The smallest absolute Gasteiger partial charge is 0.336 e. The molecule has 128 valence electrons. The quantitative estimate of drug-likeness (QED) is 0.288. The highest BCUT2D eigenvalue weighted by Crippen LogP contribution is 2.46. The van der Waals surface area contributed by atoms with Crippen molar-refractivity contribution >= 4 is 5.97 Å². The number of benzene rings is 1. The Labute approximate surface area is 129 Å². The Hall–Kier alpha value is -2.11. The van der Waals surface area contributed by atoms with Crippen LogP contribution < -0.4 is 0 Å². The van der Waals surface area contributed by atoms with Gasteiger partial charge in [-0.25, -0.2) is 4.79 Å². The van der Waals surface area contributed by atoms with Crippen LogP contribution in [-0.2, 0) is 4.74 Å². The number of aromatic hydroxyl groups is 3. The van der Waals surface area contributed by atoms with E-state index in [1.807, 2.05) is 0 Å². The normalized spacial score (nSPS) is 31.0. The van der Waals surface area contributed by atoms with Crippen LogP contribution in [0.25, 0.3) is 0 Å². The molecule has 1 heterocycles. The molecule has 1 unspecified atom stereocenters. The number of aliphatic hydroxyl groups is 4. The van der Waals surface area contributed by atoms with Crippen LogP contribution in [0, 0.1) is 0 Å². The first kappa shape index (κ1) is 17.2. The topological polar surface area (TPSA) is 188 Å². The van der Waals surface area contributed by atoms with Gasteiger partial charge in [0, 0.05) is 5.56 Å². The van der Waals surface area contributed by atoms with E-state index >= 15 is 0 Å². The number of hydrogen-bond acceptors (Lipinski definition) is 9. The molecule has 0 radical (unpaired) electrons. The molecule has 0 spiro atoms. The van der Waals surface area contributed by atoms with Crippen molar-refractivity contribution in [3.05, 3.63) is 17.2 Å². The number of hydrogen-bond donors (Lipinski definition) is 8. The molecule has 1 aromatic rings. The van der Waals surface area contributed by atoms with E-state index < -0.39 is 71.5 Å². The predicted molar refractivity (Wildman–Crippen MR) is 71.1 cm³/mol. The largest absolute Gasteiger partial charge is 0.504 e. The second-order valence-corrected chi connectivity index (χ2v) is 5.11. The number of ether oxygens (including phenoxy) is 1. The van der Waals surface area contributed by atoms with Crippen LogP contribution in [0.15, 0.2) is 6.07 Å². The minimum atomic E-state index is -1.86. The standard InChI is InChI=1S/C13H16O10/c14-2-5-8(17)10(19)11(20)12(23-5)6-3(13(21)22)1-4(15)7(16)9(6)18/h1,5,8,10-12,14-20H,2H2,(H,21,22)/t5-,8-,10+,11-,12?/m1/s1. The number of phenolic OH excluding ortho intramolecular Hbond substituents is 3. The van der Waals surface area contributed by atoms with Crippen LogP contribution in [0.4, 0.5) is 0 Å². The molecule has 10 heteroatoms. The molecule has 1 saturated heterocycles. The van der Waals surface area contributed by atoms with Crippen molar-refractivity contribution < 1.29 is 50.4 Å². The van der Waals surface area contributed by atoms with Gasteiger partial charge in [-0.05, 0) is 6.07 Å². The molecule has 5 atom stereocenters. The second kappa shape index (κ2) is 6.18. The van der Waals surface area contributed by atoms with Gasteiger partial charge in [-0.3, -0.25) is 0 Å². The van der Waals surface area contributed by atoms with Crippen LogP contribution in [-0.4, -0.2) is 77.8 Å². The highest BCUT2D eigenvalue weighted by Gasteiger charge is 2.46. The maximum absolute atomic E-state index is 11.3. The van der Waals surface area contributed by atoms with E-state index in [1.54, 1.807) is 0 Å². The van der Waals surface area contributed by atoms with Crippen molar-refractivity contribution in [2.45, 2.75) is 30.5 Å². The Morgan fingerprint density at radius 3 is 2.17 bits per heavy atom. The summed E-state index contributed by atoms with van der Waals surface area (Å²) in [7, 11) is 0. The molecule has 10 nitrogen and oxygen atoms in total. The van der Waals surface area contributed by atoms with Gasteiger partial charge in [0.15, 0.2) is 11.5 Å². The van der Waals surface area contributed by atoms with Crippen LogP contribution >= 0.6 is 0 Å². The van der Waals surface area contributed by atoms with Gasteiger partial charge in [-0.1, -0.05) is 0 Å². The van der Waals surface area contributed by atoms with Crippen molar-refractivity contribution in [1.82, 2.24) is 0 Å². The van der Waals surface area contributed by atoms with Gasteiger partial charge < -0.3 is 45.6 Å². The van der Waals surface area contributed by atoms with Crippen molar-refractivity contribution in [2.75, 3.05) is 6.61 Å². The maximum Gasteiger partial charge on any atom is 0.336 e. The minimum Gasteiger partial charge on any atom is -0.504 e. The minimum absolute atomic E-state index is 0.607. The van der Waals surface area contributed by atoms with Crippen molar-refractivity contribution in [3.8, 4) is 17.2 Å². The molecule has 1 aliphatic heterocycles. The number of aliphatic hydroxyl groups excluding tert-OH is 4. The molecule has 1 aliphatic rings. The molecule has 8 N–H and O–H groups in total. The molecule has 0 bridgehead atoms. The van der Waals surface area contributed by atoms with E-state index in [1.165, 1.54) is 0 Å². The third-order valence-corrected chi connectivity index (χ3v) is 3.70. The van der Waals surface area contributed by atoms with E-state index in [9.17, 15) is 35.4 Å². The SMILES string of the molecule is O=C(O)c1cc(O)c(O)c(O)c1C1O[C@H](CO)[C@@H](O)[C@H](O)[C@H]1O. The number of carbonyl (C=O) groups is 1. The van der Waals surface area contributed by atoms with E-state index in [0.717, 1.165) is 0 Å². The number of aromatic carboxylic acids is 1. The van der Waals surface area contributed by atoms with Gasteiger partial charge in [-0.2, -0.15) is 0 Å². The van der Waals surface area contributed by atoms with Gasteiger partial charge in [-0.15, -0.1) is 0 Å². The summed E-state index contributed by atoms with van der Waals surface area (Å²) in [5.41, 5.74) is -1.30. The Bertz CT molecular complexity index is 613. The van der Waals surface area contributed by atoms with E-state index in [2.05, 4.69) is 0 Å². The number of phenols is 3. The molecule has 0 aliphatic carbocycles. The Morgan fingerprint density at radius 2 is 1.65 bits per heavy atom. The summed E-state index contributed by atoms with van der Waals surface area (Å²) in [6, 6.07) is 0.633. The summed E-state index contributed by atoms with van der Waals surface area (Å²) in [5, 5.41) is 76.6. The summed E-state index contributed by atoms with van der Waals surface area (Å²) in [5.74, 6) is -4.62. The third kappa shape index (κ3) is 2.78. The first-order valence-corrected chi connectivity index (χ1v) is 6.52. The summed E-state index contributed by atoms with van der Waals surface area (Å²) in [6.45, 7) is -0.755. The van der Waals surface area contributed by atoms with Gasteiger partial charge in [0.25, 0.3) is 0 Å². The first-order valence-electron chi connectivity index (χ1n) is 6.52. The average molecular weight is 332 g/mol. The number of rotatable bonds is 3. The molecule has 0 aromatic heterocycles. The fraction of sp³-hybridized carbons (Fsp3) is 0.462. The predicted octanol–water partition coefficient (Wildman–Crippen LogP) is -1.98.